The molecule has 11 rings (SSSR count). The van der Waals surface area contributed by atoms with Crippen LogP contribution < -0.4 is 0 Å². The van der Waals surface area contributed by atoms with Gasteiger partial charge in [0.2, 0.25) is 0 Å². The van der Waals surface area contributed by atoms with Crippen molar-refractivity contribution in [1.82, 2.24) is 24.9 Å². The van der Waals surface area contributed by atoms with E-state index in [2.05, 4.69) is 40.3 Å². The largest absolute Gasteiger partial charge is 0.505 e. The standard InChI is InChI=1S/C51H31N5O2/c57-47-40(24-22-30-16-10-28-52-45(30)47)42-36-18-7-8-19-37(36)44(41-25-23-31-17-11-29-53-46(31)48(41)58)43-35-20-9-21-38(34(35)26-27-39(42)43)51-55-49(32-12-3-1-4-13-32)54-50(56-51)33-14-5-2-6-15-33/h1-29,57-58H. The molecule has 0 atom stereocenters. The van der Waals surface area contributed by atoms with E-state index >= 15 is 0 Å². The summed E-state index contributed by atoms with van der Waals surface area (Å²) in [5.74, 6) is 1.89. The normalized spacial score (nSPS) is 11.6. The highest BCUT2D eigenvalue weighted by Crippen LogP contribution is 2.51. The average molecular weight is 746 g/mol. The van der Waals surface area contributed by atoms with Gasteiger partial charge in [-0.2, -0.15) is 0 Å². The lowest BCUT2D eigenvalue weighted by Crippen LogP contribution is -2.00. The average Bonchev–Trinajstić information content (AvgIpc) is 3.29. The molecule has 272 valence electrons. The highest BCUT2D eigenvalue weighted by Gasteiger charge is 2.24. The Morgan fingerprint density at radius 2 is 0.828 bits per heavy atom. The number of aromatic hydroxyl groups is 2. The molecule has 0 fully saturated rings. The first-order chi connectivity index (χ1) is 28.6. The fourth-order valence-corrected chi connectivity index (χ4v) is 8.39. The Morgan fingerprint density at radius 1 is 0.328 bits per heavy atom. The first-order valence-electron chi connectivity index (χ1n) is 19.0. The molecule has 0 aliphatic rings. The Kier molecular flexibility index (Phi) is 7.65. The van der Waals surface area contributed by atoms with Crippen molar-refractivity contribution in [1.29, 1.82) is 0 Å². The van der Waals surface area contributed by atoms with Gasteiger partial charge in [0.25, 0.3) is 0 Å². The topological polar surface area (TPSA) is 105 Å². The van der Waals surface area contributed by atoms with Crippen LogP contribution in [0.4, 0.5) is 0 Å². The number of hydrogen-bond acceptors (Lipinski definition) is 7. The number of benzene rings is 8. The minimum absolute atomic E-state index is 0.0979. The maximum atomic E-state index is 12.1. The van der Waals surface area contributed by atoms with Crippen LogP contribution >= 0.6 is 0 Å². The fourth-order valence-electron chi connectivity index (χ4n) is 8.39. The van der Waals surface area contributed by atoms with Crippen molar-refractivity contribution in [2.24, 2.45) is 0 Å². The summed E-state index contributed by atoms with van der Waals surface area (Å²) >= 11 is 0. The third-order valence-electron chi connectivity index (χ3n) is 11.0. The van der Waals surface area contributed by atoms with Crippen LogP contribution in [0.3, 0.4) is 0 Å². The van der Waals surface area contributed by atoms with Crippen LogP contribution in [0.2, 0.25) is 0 Å². The van der Waals surface area contributed by atoms with Gasteiger partial charge in [0.1, 0.15) is 22.5 Å². The number of phenolic OH excluding ortho intramolecular Hbond substituents is 2. The van der Waals surface area contributed by atoms with Gasteiger partial charge in [0, 0.05) is 62.1 Å². The first kappa shape index (κ1) is 33.3. The fraction of sp³-hybridized carbons (Fsp3) is 0. The molecule has 0 bridgehead atoms. The molecule has 0 saturated carbocycles. The van der Waals surface area contributed by atoms with E-state index in [1.54, 1.807) is 12.4 Å². The highest BCUT2D eigenvalue weighted by atomic mass is 16.3. The molecule has 0 aliphatic carbocycles. The van der Waals surface area contributed by atoms with E-state index in [1.165, 1.54) is 0 Å². The molecule has 0 saturated heterocycles. The maximum absolute atomic E-state index is 12.1. The smallest absolute Gasteiger partial charge is 0.164 e. The SMILES string of the molecule is Oc1c(-c2c3ccccc3c(-c3ccc4cccnc4c3O)c3c2ccc2c(-c4nc(-c5ccccc5)nc(-c5ccccc5)n4)cccc23)ccc2cccnc12. The Hall–Kier alpha value is -8.03. The quantitative estimate of drug-likeness (QED) is 0.133. The summed E-state index contributed by atoms with van der Waals surface area (Å²) in [5, 5.41) is 31.3. The van der Waals surface area contributed by atoms with Crippen LogP contribution in [-0.4, -0.2) is 35.1 Å². The molecular formula is C51H31N5O2. The number of phenols is 2. The Labute approximate surface area is 332 Å². The van der Waals surface area contributed by atoms with Gasteiger partial charge in [-0.15, -0.1) is 0 Å². The molecule has 0 radical (unpaired) electrons. The van der Waals surface area contributed by atoms with Crippen LogP contribution in [0.25, 0.3) is 111 Å². The highest BCUT2D eigenvalue weighted by molar-refractivity contribution is 6.30. The lowest BCUT2D eigenvalue weighted by Gasteiger charge is -2.21. The van der Waals surface area contributed by atoms with Crippen molar-refractivity contribution < 1.29 is 10.2 Å². The molecule has 7 heteroatoms. The van der Waals surface area contributed by atoms with Gasteiger partial charge in [0.15, 0.2) is 17.5 Å². The van der Waals surface area contributed by atoms with Gasteiger partial charge >= 0.3 is 0 Å². The molecule has 0 aliphatic heterocycles. The monoisotopic (exact) mass is 745 g/mol. The number of hydrogen-bond donors (Lipinski definition) is 2. The molecule has 2 N–H and O–H groups in total. The van der Waals surface area contributed by atoms with Crippen LogP contribution in [0.5, 0.6) is 11.5 Å². The Balaban J connectivity index is 1.28. The summed E-state index contributed by atoms with van der Waals surface area (Å²) in [6.45, 7) is 0. The van der Waals surface area contributed by atoms with E-state index in [0.29, 0.717) is 39.6 Å². The van der Waals surface area contributed by atoms with Crippen molar-refractivity contribution >= 4 is 54.1 Å². The van der Waals surface area contributed by atoms with E-state index in [9.17, 15) is 10.2 Å². The summed E-state index contributed by atoms with van der Waals surface area (Å²) in [5.41, 5.74) is 6.69. The summed E-state index contributed by atoms with van der Waals surface area (Å²) in [7, 11) is 0. The lowest BCUT2D eigenvalue weighted by molar-refractivity contribution is 0.482. The molecule has 0 spiro atoms. The molecule has 3 aromatic heterocycles. The molecule has 58 heavy (non-hydrogen) atoms. The zero-order chi connectivity index (χ0) is 38.7. The molecule has 8 aromatic carbocycles. The lowest BCUT2D eigenvalue weighted by atomic mass is 9.82. The van der Waals surface area contributed by atoms with Crippen molar-refractivity contribution in [3.05, 3.63) is 176 Å². The van der Waals surface area contributed by atoms with E-state index in [1.807, 2.05) is 133 Å². The summed E-state index contributed by atoms with van der Waals surface area (Å²) < 4.78 is 0. The van der Waals surface area contributed by atoms with Crippen LogP contribution in [0.1, 0.15) is 0 Å². The first-order valence-corrected chi connectivity index (χ1v) is 19.0. The third kappa shape index (κ3) is 5.25. The van der Waals surface area contributed by atoms with Crippen molar-refractivity contribution in [2.75, 3.05) is 0 Å². The zero-order valence-electron chi connectivity index (χ0n) is 30.9. The summed E-state index contributed by atoms with van der Waals surface area (Å²) in [6, 6.07) is 54.1. The Morgan fingerprint density at radius 3 is 1.43 bits per heavy atom. The van der Waals surface area contributed by atoms with Crippen molar-refractivity contribution in [3.8, 4) is 67.9 Å². The minimum atomic E-state index is 0.0979. The summed E-state index contributed by atoms with van der Waals surface area (Å²) in [6.07, 6.45) is 3.40. The molecule has 0 unspecified atom stereocenters. The van der Waals surface area contributed by atoms with E-state index in [0.717, 1.165) is 70.9 Å². The molecule has 0 amide bonds. The molecule has 11 aromatic rings. The van der Waals surface area contributed by atoms with E-state index in [4.69, 9.17) is 15.0 Å². The number of nitrogens with zero attached hydrogens (tertiary/aromatic N) is 5. The van der Waals surface area contributed by atoms with Crippen molar-refractivity contribution in [2.45, 2.75) is 0 Å². The number of fused-ring (bicyclic) bond motifs is 6. The molecular weight excluding hydrogens is 715 g/mol. The van der Waals surface area contributed by atoms with E-state index in [-0.39, 0.29) is 11.5 Å². The predicted molar refractivity (Wildman–Crippen MR) is 233 cm³/mol. The van der Waals surface area contributed by atoms with Crippen LogP contribution in [-0.2, 0) is 0 Å². The second kappa shape index (κ2) is 13.3. The van der Waals surface area contributed by atoms with Gasteiger partial charge in [-0.3, -0.25) is 9.97 Å². The number of pyridine rings is 2. The maximum Gasteiger partial charge on any atom is 0.164 e. The summed E-state index contributed by atoms with van der Waals surface area (Å²) in [4.78, 5) is 24.3. The molecule has 7 nitrogen and oxygen atoms in total. The number of rotatable bonds is 5. The molecule has 3 heterocycles. The van der Waals surface area contributed by atoms with Gasteiger partial charge < -0.3 is 10.2 Å². The second-order valence-corrected chi connectivity index (χ2v) is 14.3. The van der Waals surface area contributed by atoms with Gasteiger partial charge in [-0.05, 0) is 56.6 Å². The van der Waals surface area contributed by atoms with Gasteiger partial charge in [-0.25, -0.2) is 15.0 Å². The van der Waals surface area contributed by atoms with Gasteiger partial charge in [-0.1, -0.05) is 140 Å². The van der Waals surface area contributed by atoms with Crippen molar-refractivity contribution in [3.63, 3.8) is 0 Å². The van der Waals surface area contributed by atoms with Gasteiger partial charge in [0.05, 0.1) is 0 Å². The Bertz CT molecular complexity index is 3370. The second-order valence-electron chi connectivity index (χ2n) is 14.3. The third-order valence-corrected chi connectivity index (χ3v) is 11.0. The van der Waals surface area contributed by atoms with E-state index < -0.39 is 0 Å². The number of aromatic nitrogens is 5. The zero-order valence-corrected chi connectivity index (χ0v) is 30.9. The minimum Gasteiger partial charge on any atom is -0.505 e. The predicted octanol–water partition coefficient (Wildman–Crippen LogP) is 12.2. The van der Waals surface area contributed by atoms with Crippen LogP contribution in [0, 0.1) is 0 Å². The van der Waals surface area contributed by atoms with Crippen LogP contribution in [0.15, 0.2) is 176 Å².